The van der Waals surface area contributed by atoms with Gasteiger partial charge in [-0.25, -0.2) is 8.78 Å². The molecule has 0 bridgehead atoms. The van der Waals surface area contributed by atoms with Crippen LogP contribution in [0.2, 0.25) is 0 Å². The topological polar surface area (TPSA) is 71.4 Å². The number of rotatable bonds is 9. The Balaban J connectivity index is 1.90. The maximum absolute atomic E-state index is 13.9. The van der Waals surface area contributed by atoms with Gasteiger partial charge in [0.2, 0.25) is 0 Å². The number of allylic oxidation sites excluding steroid dienone is 1. The summed E-state index contributed by atoms with van der Waals surface area (Å²) in [5, 5.41) is 11.9. The van der Waals surface area contributed by atoms with Crippen LogP contribution in [0.5, 0.6) is 11.5 Å². The van der Waals surface area contributed by atoms with Gasteiger partial charge in [-0.3, -0.25) is 4.79 Å². The van der Waals surface area contributed by atoms with Gasteiger partial charge in [0.05, 0.1) is 12.8 Å². The van der Waals surface area contributed by atoms with E-state index in [9.17, 15) is 18.8 Å². The minimum atomic E-state index is -0.742. The lowest BCUT2D eigenvalue weighted by atomic mass is 10.0. The van der Waals surface area contributed by atoms with Gasteiger partial charge in [-0.15, -0.1) is 6.58 Å². The van der Waals surface area contributed by atoms with Crippen LogP contribution < -0.4 is 14.8 Å². The molecule has 34 heavy (non-hydrogen) atoms. The van der Waals surface area contributed by atoms with E-state index in [2.05, 4.69) is 11.9 Å². The summed E-state index contributed by atoms with van der Waals surface area (Å²) in [5.41, 5.74) is 1.77. The molecule has 0 aliphatic heterocycles. The number of ether oxygens (including phenoxy) is 2. The van der Waals surface area contributed by atoms with Gasteiger partial charge < -0.3 is 14.8 Å². The summed E-state index contributed by atoms with van der Waals surface area (Å²) < 4.78 is 38.5. The second kappa shape index (κ2) is 11.4. The fourth-order valence-electron chi connectivity index (χ4n) is 3.19. The predicted octanol–water partition coefficient (Wildman–Crippen LogP) is 5.83. The van der Waals surface area contributed by atoms with Crippen molar-refractivity contribution in [3.8, 4) is 17.6 Å². The maximum atomic E-state index is 13.9. The Morgan fingerprint density at radius 3 is 2.53 bits per heavy atom. The first-order valence-corrected chi connectivity index (χ1v) is 10.3. The third kappa shape index (κ3) is 6.08. The maximum Gasteiger partial charge on any atom is 0.266 e. The summed E-state index contributed by atoms with van der Waals surface area (Å²) in [4.78, 5) is 12.5. The Morgan fingerprint density at radius 2 is 1.88 bits per heavy atom. The molecule has 172 valence electrons. The largest absolute Gasteiger partial charge is 0.493 e. The van der Waals surface area contributed by atoms with Gasteiger partial charge in [-0.2, -0.15) is 5.26 Å². The number of carbonyl (C=O) groups is 1. The summed E-state index contributed by atoms with van der Waals surface area (Å²) in [6.45, 7) is 3.95. The molecule has 5 nitrogen and oxygen atoms in total. The number of nitrogens with one attached hydrogen (secondary N) is 1. The molecule has 0 aromatic heterocycles. The first-order chi connectivity index (χ1) is 16.4. The normalized spacial score (nSPS) is 10.8. The van der Waals surface area contributed by atoms with Gasteiger partial charge in [-0.05, 0) is 60.0 Å². The molecule has 1 amide bonds. The third-order valence-corrected chi connectivity index (χ3v) is 4.83. The molecule has 1 N–H and O–H groups in total. The van der Waals surface area contributed by atoms with E-state index in [1.807, 2.05) is 6.07 Å². The van der Waals surface area contributed by atoms with Gasteiger partial charge in [0.15, 0.2) is 11.5 Å². The van der Waals surface area contributed by atoms with Gasteiger partial charge in [-0.1, -0.05) is 30.3 Å². The molecule has 0 radical (unpaired) electrons. The summed E-state index contributed by atoms with van der Waals surface area (Å²) in [6, 6.07) is 16.9. The number of hydrogen-bond donors (Lipinski definition) is 1. The van der Waals surface area contributed by atoms with Gasteiger partial charge >= 0.3 is 0 Å². The number of carbonyl (C=O) groups excluding carboxylic acids is 1. The Morgan fingerprint density at radius 1 is 1.15 bits per heavy atom. The van der Waals surface area contributed by atoms with Crippen LogP contribution in [0.25, 0.3) is 6.08 Å². The van der Waals surface area contributed by atoms with E-state index in [-0.39, 0.29) is 23.7 Å². The lowest BCUT2D eigenvalue weighted by molar-refractivity contribution is -0.112. The van der Waals surface area contributed by atoms with Crippen LogP contribution in [0.15, 0.2) is 78.9 Å². The van der Waals surface area contributed by atoms with Crippen LogP contribution in [-0.4, -0.2) is 13.0 Å². The van der Waals surface area contributed by atoms with Crippen LogP contribution in [-0.2, 0) is 17.8 Å². The Hall–Kier alpha value is -4.44. The van der Waals surface area contributed by atoms with Crippen molar-refractivity contribution in [3.63, 3.8) is 0 Å². The Bertz CT molecular complexity index is 1260. The molecule has 0 aliphatic carbocycles. The Kier molecular flexibility index (Phi) is 8.14. The number of halogens is 2. The van der Waals surface area contributed by atoms with E-state index in [1.54, 1.807) is 36.4 Å². The van der Waals surface area contributed by atoms with Crippen molar-refractivity contribution >= 4 is 17.7 Å². The van der Waals surface area contributed by atoms with Crippen molar-refractivity contribution in [2.75, 3.05) is 12.4 Å². The molecular formula is C27H22F2N2O3. The van der Waals surface area contributed by atoms with Crippen LogP contribution >= 0.6 is 0 Å². The average Bonchev–Trinajstić information content (AvgIpc) is 2.84. The number of anilines is 1. The minimum absolute atomic E-state index is 0.0249. The summed E-state index contributed by atoms with van der Waals surface area (Å²) in [7, 11) is 1.47. The zero-order valence-corrected chi connectivity index (χ0v) is 18.5. The molecule has 3 aromatic carbocycles. The number of para-hydroxylation sites is 1. The van der Waals surface area contributed by atoms with Crippen LogP contribution in [0.4, 0.5) is 14.5 Å². The summed E-state index contributed by atoms with van der Waals surface area (Å²) in [6.07, 6.45) is 3.50. The molecule has 0 saturated carbocycles. The lowest BCUT2D eigenvalue weighted by Gasteiger charge is -2.16. The van der Waals surface area contributed by atoms with E-state index in [0.717, 1.165) is 11.1 Å². The molecule has 3 rings (SSSR count). The van der Waals surface area contributed by atoms with Crippen molar-refractivity contribution in [2.45, 2.75) is 13.0 Å². The molecule has 0 fully saturated rings. The summed E-state index contributed by atoms with van der Waals surface area (Å²) in [5.74, 6) is -0.825. The van der Waals surface area contributed by atoms with E-state index in [0.29, 0.717) is 23.5 Å². The van der Waals surface area contributed by atoms with Crippen molar-refractivity contribution in [2.24, 2.45) is 0 Å². The highest BCUT2D eigenvalue weighted by Crippen LogP contribution is 2.35. The highest BCUT2D eigenvalue weighted by atomic mass is 19.1. The van der Waals surface area contributed by atoms with Gasteiger partial charge in [0, 0.05) is 5.56 Å². The Labute approximate surface area is 196 Å². The quantitative estimate of drug-likeness (QED) is 0.248. The van der Waals surface area contributed by atoms with Crippen molar-refractivity contribution < 1.29 is 23.0 Å². The summed E-state index contributed by atoms with van der Waals surface area (Å²) >= 11 is 0. The third-order valence-electron chi connectivity index (χ3n) is 4.83. The fraction of sp³-hybridized carbons (Fsp3) is 0.111. The number of methoxy groups -OCH3 is 1. The average molecular weight is 460 g/mol. The smallest absolute Gasteiger partial charge is 0.266 e. The highest BCUT2D eigenvalue weighted by molar-refractivity contribution is 6.09. The molecule has 7 heteroatoms. The standard InChI is InChI=1S/C27H22F2N2O3/c1-3-6-20-13-19(14-21(16-30)27(32)31-24-8-5-4-7-23(24)29)15-25(33-2)26(20)34-17-18-9-11-22(28)12-10-18/h3-5,7-15H,1,6,17H2,2H3,(H,31,32)/b21-14-. The number of nitrogens with zero attached hydrogens (tertiary/aromatic N) is 1. The number of amides is 1. The molecule has 0 aliphatic rings. The molecule has 0 atom stereocenters. The number of nitriles is 1. The van der Waals surface area contributed by atoms with Crippen LogP contribution in [0.1, 0.15) is 16.7 Å². The van der Waals surface area contributed by atoms with Crippen molar-refractivity contribution in [3.05, 3.63) is 107 Å². The predicted molar refractivity (Wildman–Crippen MR) is 126 cm³/mol. The van der Waals surface area contributed by atoms with Crippen molar-refractivity contribution in [1.29, 1.82) is 5.26 Å². The van der Waals surface area contributed by atoms with Crippen LogP contribution in [0.3, 0.4) is 0 Å². The second-order valence-electron chi connectivity index (χ2n) is 7.22. The molecular weight excluding hydrogens is 438 g/mol. The van der Waals surface area contributed by atoms with Crippen LogP contribution in [0, 0.1) is 23.0 Å². The first kappa shape index (κ1) is 24.2. The zero-order valence-electron chi connectivity index (χ0n) is 18.5. The number of hydrogen-bond acceptors (Lipinski definition) is 4. The van der Waals surface area contributed by atoms with E-state index < -0.39 is 11.7 Å². The zero-order chi connectivity index (χ0) is 24.5. The monoisotopic (exact) mass is 460 g/mol. The van der Waals surface area contributed by atoms with Crippen molar-refractivity contribution in [1.82, 2.24) is 0 Å². The molecule has 0 heterocycles. The van der Waals surface area contributed by atoms with E-state index in [1.165, 1.54) is 43.5 Å². The highest BCUT2D eigenvalue weighted by Gasteiger charge is 2.16. The molecule has 3 aromatic rings. The molecule has 0 unspecified atom stereocenters. The minimum Gasteiger partial charge on any atom is -0.493 e. The second-order valence-corrected chi connectivity index (χ2v) is 7.22. The van der Waals surface area contributed by atoms with Gasteiger partial charge in [0.25, 0.3) is 5.91 Å². The van der Waals surface area contributed by atoms with E-state index in [4.69, 9.17) is 9.47 Å². The lowest BCUT2D eigenvalue weighted by Crippen LogP contribution is -2.14. The first-order valence-electron chi connectivity index (χ1n) is 10.3. The number of benzene rings is 3. The van der Waals surface area contributed by atoms with E-state index >= 15 is 0 Å². The SMILES string of the molecule is C=CCc1cc(/C=C(/C#N)C(=O)Nc2ccccc2F)cc(OC)c1OCc1ccc(F)cc1. The molecule has 0 spiro atoms. The molecule has 0 saturated heterocycles. The van der Waals surface area contributed by atoms with Gasteiger partial charge in [0.1, 0.15) is 29.9 Å². The fourth-order valence-corrected chi connectivity index (χ4v) is 3.19.